The molecule has 0 bridgehead atoms. The summed E-state index contributed by atoms with van der Waals surface area (Å²) in [5.74, 6) is 3.63. The van der Waals surface area contributed by atoms with Crippen LogP contribution in [0.25, 0.3) is 0 Å². The van der Waals surface area contributed by atoms with Crippen molar-refractivity contribution in [1.29, 1.82) is 0 Å². The van der Waals surface area contributed by atoms with Crippen LogP contribution in [-0.4, -0.2) is 76.0 Å². The molecule has 0 aromatic carbocycles. The van der Waals surface area contributed by atoms with Crippen molar-refractivity contribution < 1.29 is 9.63 Å². The Morgan fingerprint density at radius 1 is 1.11 bits per heavy atom. The van der Waals surface area contributed by atoms with Crippen LogP contribution < -0.4 is 9.80 Å². The molecule has 2 fully saturated rings. The van der Waals surface area contributed by atoms with Crippen molar-refractivity contribution in [3.05, 3.63) is 24.1 Å². The Morgan fingerprint density at radius 2 is 1.89 bits per heavy atom. The monoisotopic (exact) mass is 373 g/mol. The van der Waals surface area contributed by atoms with E-state index in [0.717, 1.165) is 76.1 Å². The number of aliphatic hydroxyl groups is 1. The number of hydrogen-bond donors (Lipinski definition) is 1. The molecular formula is C18H27N7O2. The molecule has 2 aromatic rings. The maximum Gasteiger partial charge on any atom is 0.223 e. The summed E-state index contributed by atoms with van der Waals surface area (Å²) < 4.78 is 5.05. The highest BCUT2D eigenvalue weighted by atomic mass is 16.5. The quantitative estimate of drug-likeness (QED) is 0.812. The number of nitrogens with zero attached hydrogens (tertiary/aromatic N) is 7. The second-order valence-electron chi connectivity index (χ2n) is 7.36. The molecular weight excluding hydrogens is 346 g/mol. The first-order valence-corrected chi connectivity index (χ1v) is 9.65. The van der Waals surface area contributed by atoms with E-state index in [2.05, 4.69) is 40.9 Å². The van der Waals surface area contributed by atoms with Crippen LogP contribution in [0.3, 0.4) is 0 Å². The standard InChI is InChI=1S/C18H27N7O2/c1-14-21-16(22-27-14)11-23-5-7-24(8-6-23)17-9-18(20-13-19-17)25-4-2-3-15(10-25)12-26/h9,13,15,26H,2-8,10-12H2,1H3. The fraction of sp³-hybridized carbons (Fsp3) is 0.667. The van der Waals surface area contributed by atoms with Gasteiger partial charge in [-0.05, 0) is 18.8 Å². The Bertz CT molecular complexity index is 745. The number of aryl methyl sites for hydroxylation is 1. The number of rotatable bonds is 5. The summed E-state index contributed by atoms with van der Waals surface area (Å²) in [5.41, 5.74) is 0. The predicted molar refractivity (Wildman–Crippen MR) is 101 cm³/mol. The summed E-state index contributed by atoms with van der Waals surface area (Å²) in [7, 11) is 0. The van der Waals surface area contributed by atoms with E-state index in [0.29, 0.717) is 11.8 Å². The number of aromatic nitrogens is 4. The Morgan fingerprint density at radius 3 is 2.59 bits per heavy atom. The third kappa shape index (κ3) is 4.36. The van der Waals surface area contributed by atoms with Crippen molar-refractivity contribution >= 4 is 11.6 Å². The van der Waals surface area contributed by atoms with E-state index in [1.807, 2.05) is 6.92 Å². The number of anilines is 2. The summed E-state index contributed by atoms with van der Waals surface area (Å²) in [6.45, 7) is 8.32. The fourth-order valence-corrected chi connectivity index (χ4v) is 3.85. The lowest BCUT2D eigenvalue weighted by atomic mass is 9.99. The molecule has 0 radical (unpaired) electrons. The lowest BCUT2D eigenvalue weighted by Crippen LogP contribution is -2.46. The Labute approximate surface area is 159 Å². The first-order chi connectivity index (χ1) is 13.2. The van der Waals surface area contributed by atoms with Gasteiger partial charge in [0, 0.05) is 58.9 Å². The maximum atomic E-state index is 9.46. The van der Waals surface area contributed by atoms with Crippen molar-refractivity contribution in [2.45, 2.75) is 26.3 Å². The van der Waals surface area contributed by atoms with Crippen molar-refractivity contribution in [1.82, 2.24) is 25.0 Å². The zero-order valence-electron chi connectivity index (χ0n) is 15.8. The fourth-order valence-electron chi connectivity index (χ4n) is 3.85. The van der Waals surface area contributed by atoms with Gasteiger partial charge in [0.15, 0.2) is 5.82 Å². The average molecular weight is 373 g/mol. The molecule has 0 amide bonds. The van der Waals surface area contributed by atoms with E-state index in [-0.39, 0.29) is 6.61 Å². The highest BCUT2D eigenvalue weighted by molar-refractivity contribution is 5.50. The summed E-state index contributed by atoms with van der Waals surface area (Å²) in [4.78, 5) is 20.1. The van der Waals surface area contributed by atoms with Crippen molar-refractivity contribution in [2.75, 3.05) is 55.7 Å². The minimum absolute atomic E-state index is 0.246. The Balaban J connectivity index is 1.35. The van der Waals surface area contributed by atoms with Crippen LogP contribution >= 0.6 is 0 Å². The Hall–Kier alpha value is -2.26. The largest absolute Gasteiger partial charge is 0.396 e. The van der Waals surface area contributed by atoms with Gasteiger partial charge in [0.25, 0.3) is 0 Å². The third-order valence-electron chi connectivity index (χ3n) is 5.37. The molecule has 2 aliphatic heterocycles. The van der Waals surface area contributed by atoms with Gasteiger partial charge in [-0.25, -0.2) is 9.97 Å². The molecule has 4 heterocycles. The second kappa shape index (κ2) is 8.18. The molecule has 2 aliphatic rings. The second-order valence-corrected chi connectivity index (χ2v) is 7.36. The van der Waals surface area contributed by atoms with E-state index in [9.17, 15) is 5.11 Å². The smallest absolute Gasteiger partial charge is 0.223 e. The molecule has 0 saturated carbocycles. The zero-order chi connectivity index (χ0) is 18.6. The molecule has 1 atom stereocenters. The summed E-state index contributed by atoms with van der Waals surface area (Å²) in [6, 6.07) is 2.08. The highest BCUT2D eigenvalue weighted by Gasteiger charge is 2.23. The van der Waals surface area contributed by atoms with Gasteiger partial charge in [-0.2, -0.15) is 4.98 Å². The summed E-state index contributed by atoms with van der Waals surface area (Å²) in [6.07, 6.45) is 3.84. The number of piperidine rings is 1. The zero-order valence-corrected chi connectivity index (χ0v) is 15.8. The molecule has 2 saturated heterocycles. The minimum Gasteiger partial charge on any atom is -0.396 e. The van der Waals surface area contributed by atoms with Gasteiger partial charge >= 0.3 is 0 Å². The molecule has 9 nitrogen and oxygen atoms in total. The third-order valence-corrected chi connectivity index (χ3v) is 5.37. The molecule has 27 heavy (non-hydrogen) atoms. The molecule has 146 valence electrons. The van der Waals surface area contributed by atoms with Gasteiger partial charge in [0.1, 0.15) is 18.0 Å². The van der Waals surface area contributed by atoms with Gasteiger partial charge in [0.05, 0.1) is 6.54 Å². The van der Waals surface area contributed by atoms with Gasteiger partial charge < -0.3 is 19.4 Å². The van der Waals surface area contributed by atoms with Crippen LogP contribution in [0.15, 0.2) is 16.9 Å². The average Bonchev–Trinajstić information content (AvgIpc) is 3.13. The van der Waals surface area contributed by atoms with Crippen molar-refractivity contribution in [3.63, 3.8) is 0 Å². The van der Waals surface area contributed by atoms with Crippen LogP contribution in [0.5, 0.6) is 0 Å². The van der Waals surface area contributed by atoms with E-state index >= 15 is 0 Å². The molecule has 1 unspecified atom stereocenters. The van der Waals surface area contributed by atoms with Crippen molar-refractivity contribution in [2.24, 2.45) is 5.92 Å². The summed E-state index contributed by atoms with van der Waals surface area (Å²) >= 11 is 0. The summed E-state index contributed by atoms with van der Waals surface area (Å²) in [5, 5.41) is 13.4. The van der Waals surface area contributed by atoms with E-state index in [4.69, 9.17) is 4.52 Å². The Kier molecular flexibility index (Phi) is 5.49. The van der Waals surface area contributed by atoms with E-state index in [1.54, 1.807) is 6.33 Å². The highest BCUT2D eigenvalue weighted by Crippen LogP contribution is 2.24. The molecule has 1 N–H and O–H groups in total. The van der Waals surface area contributed by atoms with Gasteiger partial charge in [0.2, 0.25) is 5.89 Å². The number of piperazine rings is 1. The van der Waals surface area contributed by atoms with E-state index < -0.39 is 0 Å². The topological polar surface area (TPSA) is 94.7 Å². The van der Waals surface area contributed by atoms with Crippen LogP contribution in [-0.2, 0) is 6.54 Å². The predicted octanol–water partition coefficient (Wildman–Crippen LogP) is 0.699. The van der Waals surface area contributed by atoms with Crippen LogP contribution in [0.4, 0.5) is 11.6 Å². The number of aliphatic hydroxyl groups excluding tert-OH is 1. The minimum atomic E-state index is 0.246. The molecule has 9 heteroatoms. The first kappa shape index (κ1) is 18.1. The molecule has 0 aliphatic carbocycles. The lowest BCUT2D eigenvalue weighted by molar-refractivity contribution is 0.208. The van der Waals surface area contributed by atoms with Crippen molar-refractivity contribution in [3.8, 4) is 0 Å². The SMILES string of the molecule is Cc1nc(CN2CCN(c3cc(N4CCCC(CO)C4)ncn3)CC2)no1. The molecule has 0 spiro atoms. The maximum absolute atomic E-state index is 9.46. The normalized spacial score (nSPS) is 21.6. The van der Waals surface area contributed by atoms with Crippen LogP contribution in [0.1, 0.15) is 24.6 Å². The van der Waals surface area contributed by atoms with Gasteiger partial charge in [-0.3, -0.25) is 4.90 Å². The van der Waals surface area contributed by atoms with E-state index in [1.165, 1.54) is 0 Å². The van der Waals surface area contributed by atoms with Gasteiger partial charge in [-0.1, -0.05) is 5.16 Å². The van der Waals surface area contributed by atoms with Gasteiger partial charge in [-0.15, -0.1) is 0 Å². The number of hydrogen-bond acceptors (Lipinski definition) is 9. The van der Waals surface area contributed by atoms with Crippen LogP contribution in [0, 0.1) is 12.8 Å². The lowest BCUT2D eigenvalue weighted by Gasteiger charge is -2.36. The molecule has 2 aromatic heterocycles. The van der Waals surface area contributed by atoms with Crippen LogP contribution in [0.2, 0.25) is 0 Å². The first-order valence-electron chi connectivity index (χ1n) is 9.65. The molecule has 4 rings (SSSR count).